The van der Waals surface area contributed by atoms with Gasteiger partial charge in [-0.3, -0.25) is 0 Å². The Morgan fingerprint density at radius 3 is 1.83 bits per heavy atom. The van der Waals surface area contributed by atoms with Gasteiger partial charge in [0.2, 0.25) is 0 Å². The summed E-state index contributed by atoms with van der Waals surface area (Å²) in [5, 5.41) is 8.00. The summed E-state index contributed by atoms with van der Waals surface area (Å²) in [6.07, 6.45) is 15.2. The molecule has 6 unspecified atom stereocenters. The molecule has 0 amide bonds. The van der Waals surface area contributed by atoms with Gasteiger partial charge in [0.1, 0.15) is 0 Å². The van der Waals surface area contributed by atoms with E-state index in [1.54, 1.807) is 11.1 Å². The molecule has 6 atom stereocenters. The van der Waals surface area contributed by atoms with Gasteiger partial charge in [-0.25, -0.2) is 0 Å². The highest BCUT2D eigenvalue weighted by Gasteiger charge is 2.57. The molecule has 2 aliphatic heterocycles. The second-order valence-electron chi connectivity index (χ2n) is 14.3. The average Bonchev–Trinajstić information content (AvgIpc) is 3.76. The maximum atomic E-state index is 4.00. The minimum absolute atomic E-state index is 0.188. The molecular formula is C38H48N2P2. The molecule has 9 rings (SSSR count). The first-order valence-electron chi connectivity index (χ1n) is 16.9. The molecule has 0 aromatic heterocycles. The summed E-state index contributed by atoms with van der Waals surface area (Å²) in [6.45, 7) is 2.41. The zero-order chi connectivity index (χ0) is 28.1. The van der Waals surface area contributed by atoms with Crippen LogP contribution in [0.15, 0.2) is 72.8 Å². The quantitative estimate of drug-likeness (QED) is 0.254. The molecule has 2 saturated heterocycles. The number of hydrogen-bond acceptors (Lipinski definition) is 2. The van der Waals surface area contributed by atoms with Crippen LogP contribution in [0.1, 0.15) is 68.9 Å². The first kappa shape index (κ1) is 28.0. The summed E-state index contributed by atoms with van der Waals surface area (Å²) in [6, 6.07) is 28.1. The molecule has 2 nitrogen and oxygen atoms in total. The van der Waals surface area contributed by atoms with E-state index in [0.717, 1.165) is 23.7 Å². The number of benzene rings is 3. The average molecular weight is 595 g/mol. The third-order valence-electron chi connectivity index (χ3n) is 11.9. The Bertz CT molecular complexity index is 1350. The fourth-order valence-electron chi connectivity index (χ4n) is 10.5. The van der Waals surface area contributed by atoms with Crippen molar-refractivity contribution in [1.29, 1.82) is 0 Å². The summed E-state index contributed by atoms with van der Waals surface area (Å²) in [5.41, 5.74) is 9.41. The fraction of sp³-hybridized carbons (Fsp3) is 0.526. The van der Waals surface area contributed by atoms with Gasteiger partial charge in [0.15, 0.2) is 0 Å². The summed E-state index contributed by atoms with van der Waals surface area (Å²) in [4.78, 5) is 0. The molecule has 3 aromatic carbocycles. The van der Waals surface area contributed by atoms with E-state index in [9.17, 15) is 0 Å². The highest BCUT2D eigenvalue weighted by atomic mass is 31.1. The zero-order valence-electron chi connectivity index (χ0n) is 25.1. The van der Waals surface area contributed by atoms with Crippen LogP contribution in [-0.4, -0.2) is 30.8 Å². The summed E-state index contributed by atoms with van der Waals surface area (Å²) in [5.74, 6) is 5.00. The number of rotatable bonds is 8. The van der Waals surface area contributed by atoms with Crippen molar-refractivity contribution in [1.82, 2.24) is 10.6 Å². The molecule has 6 aliphatic rings. The molecule has 3 aromatic rings. The second kappa shape index (κ2) is 11.7. The lowest BCUT2D eigenvalue weighted by Crippen LogP contribution is -2.56. The van der Waals surface area contributed by atoms with Gasteiger partial charge in [0.25, 0.3) is 0 Å². The molecule has 2 N–H and O–H groups in total. The van der Waals surface area contributed by atoms with Gasteiger partial charge in [-0.2, -0.15) is 0 Å². The van der Waals surface area contributed by atoms with E-state index in [1.165, 1.54) is 105 Å². The second-order valence-corrected chi connectivity index (χ2v) is 17.4. The predicted molar refractivity (Wildman–Crippen MR) is 183 cm³/mol. The van der Waals surface area contributed by atoms with Gasteiger partial charge in [-0.1, -0.05) is 68.6 Å². The predicted octanol–water partition coefficient (Wildman–Crippen LogP) is 8.99. The van der Waals surface area contributed by atoms with Crippen LogP contribution < -0.4 is 10.6 Å². The summed E-state index contributed by atoms with van der Waals surface area (Å²) < 4.78 is 0. The lowest BCUT2D eigenvalue weighted by molar-refractivity contribution is -0.0520. The van der Waals surface area contributed by atoms with E-state index in [0.29, 0.717) is 17.0 Å². The monoisotopic (exact) mass is 594 g/mol. The minimum atomic E-state index is -0.188. The van der Waals surface area contributed by atoms with Gasteiger partial charge in [-0.05, 0) is 158 Å². The lowest BCUT2D eigenvalue weighted by atomic mass is 9.43. The van der Waals surface area contributed by atoms with Crippen molar-refractivity contribution in [2.45, 2.75) is 80.9 Å². The van der Waals surface area contributed by atoms with E-state index < -0.39 is 0 Å². The van der Waals surface area contributed by atoms with E-state index >= 15 is 0 Å². The molecule has 4 aliphatic carbocycles. The van der Waals surface area contributed by atoms with Crippen LogP contribution in [0, 0.1) is 23.7 Å². The van der Waals surface area contributed by atoms with E-state index in [4.69, 9.17) is 0 Å². The maximum Gasteiger partial charge on any atom is 0.0286 e. The van der Waals surface area contributed by atoms with Crippen LogP contribution in [0.5, 0.6) is 0 Å². The van der Waals surface area contributed by atoms with Crippen molar-refractivity contribution in [2.75, 3.05) is 19.3 Å². The highest BCUT2D eigenvalue weighted by molar-refractivity contribution is 7.58. The van der Waals surface area contributed by atoms with Crippen molar-refractivity contribution in [2.24, 2.45) is 23.7 Å². The van der Waals surface area contributed by atoms with Crippen molar-refractivity contribution in [3.05, 3.63) is 83.9 Å². The van der Waals surface area contributed by atoms with Gasteiger partial charge in [-0.15, -0.1) is 9.24 Å². The van der Waals surface area contributed by atoms with E-state index in [2.05, 4.69) is 92.7 Å². The van der Waals surface area contributed by atoms with Gasteiger partial charge >= 0.3 is 0 Å². The Morgan fingerprint density at radius 1 is 0.738 bits per heavy atom. The van der Waals surface area contributed by atoms with Crippen molar-refractivity contribution in [3.63, 3.8) is 0 Å². The standard InChI is InChI=1S/C38H48N2P2/c41-24-35-30-18-26-17-27(19-30)23-38(35,22-26)34-21-33(29-11-5-2-6-12-29)32(28-9-3-1-4-10-28)20-31(34)25-42(36-13-7-15-39-36)37-14-8-16-40-37/h1-6,9-12,20-21,26-27,30,35-37,39-40H,7-8,13-19,22-25,41H2. The molecule has 4 heteroatoms. The van der Waals surface area contributed by atoms with E-state index in [1.807, 2.05) is 0 Å². The summed E-state index contributed by atoms with van der Waals surface area (Å²) in [7, 11) is 3.04. The van der Waals surface area contributed by atoms with E-state index in [-0.39, 0.29) is 7.92 Å². The maximum absolute atomic E-state index is 4.00. The summed E-state index contributed by atoms with van der Waals surface area (Å²) >= 11 is 0. The van der Waals surface area contributed by atoms with Crippen LogP contribution >= 0.6 is 17.2 Å². The van der Waals surface area contributed by atoms with Crippen molar-refractivity contribution in [3.8, 4) is 22.3 Å². The molecule has 2 heterocycles. The molecule has 4 saturated carbocycles. The number of hydrogen-bond donors (Lipinski definition) is 2. The molecule has 0 spiro atoms. The van der Waals surface area contributed by atoms with Crippen molar-refractivity contribution >= 4 is 17.2 Å². The van der Waals surface area contributed by atoms with Gasteiger partial charge < -0.3 is 10.6 Å². The Balaban J connectivity index is 1.33. The topological polar surface area (TPSA) is 24.1 Å². The van der Waals surface area contributed by atoms with Crippen molar-refractivity contribution < 1.29 is 0 Å². The van der Waals surface area contributed by atoms with Crippen LogP contribution in [-0.2, 0) is 11.6 Å². The largest absolute Gasteiger partial charge is 0.310 e. The van der Waals surface area contributed by atoms with Gasteiger partial charge in [0, 0.05) is 11.6 Å². The van der Waals surface area contributed by atoms with Crippen LogP contribution in [0.2, 0.25) is 0 Å². The SMILES string of the molecule is PCC1C2CC3CC(C2)CC1(c1cc(-c2ccccc2)c(-c2ccccc2)cc1CP(C1CCCN1)C1CCCN1)C3. The Morgan fingerprint density at radius 2 is 1.31 bits per heavy atom. The Kier molecular flexibility index (Phi) is 7.82. The fourth-order valence-corrected chi connectivity index (χ4v) is 14.6. The molecule has 4 bridgehead atoms. The Hall–Kier alpha value is -1.56. The normalized spacial score (nSPS) is 34.2. The molecule has 220 valence electrons. The molecule has 6 fully saturated rings. The third kappa shape index (κ3) is 4.94. The molecular weight excluding hydrogens is 546 g/mol. The lowest BCUT2D eigenvalue weighted by Gasteiger charge is -2.62. The zero-order valence-corrected chi connectivity index (χ0v) is 27.2. The Labute approximate surface area is 257 Å². The highest BCUT2D eigenvalue weighted by Crippen LogP contribution is 2.65. The smallest absolute Gasteiger partial charge is 0.0286 e. The first-order chi connectivity index (χ1) is 20.7. The van der Waals surface area contributed by atoms with Crippen LogP contribution in [0.4, 0.5) is 0 Å². The number of nitrogens with one attached hydrogen (secondary N) is 2. The molecule has 42 heavy (non-hydrogen) atoms. The minimum Gasteiger partial charge on any atom is -0.310 e. The first-order valence-corrected chi connectivity index (χ1v) is 19.4. The molecule has 0 radical (unpaired) electrons. The van der Waals surface area contributed by atoms with Crippen LogP contribution in [0.25, 0.3) is 22.3 Å². The van der Waals surface area contributed by atoms with Crippen LogP contribution in [0.3, 0.4) is 0 Å². The van der Waals surface area contributed by atoms with Gasteiger partial charge in [0.05, 0.1) is 0 Å². The third-order valence-corrected chi connectivity index (χ3v) is 15.6.